The zero-order valence-corrected chi connectivity index (χ0v) is 14.0. The van der Waals surface area contributed by atoms with Gasteiger partial charge in [0, 0.05) is 28.2 Å². The molecule has 0 spiro atoms. The first-order valence-corrected chi connectivity index (χ1v) is 8.03. The first-order chi connectivity index (χ1) is 12.2. The molecule has 2 N–H and O–H groups in total. The molecule has 25 heavy (non-hydrogen) atoms. The number of benzene rings is 2. The lowest BCUT2D eigenvalue weighted by atomic mass is 10.2. The fraction of sp³-hybridized carbons (Fsp3) is 0.0526. The third kappa shape index (κ3) is 4.96. The monoisotopic (exact) mass is 353 g/mol. The van der Waals surface area contributed by atoms with Crippen LogP contribution in [0.15, 0.2) is 73.1 Å². The number of nitrogens with zero attached hydrogens (tertiary/aromatic N) is 1. The third-order valence-electron chi connectivity index (χ3n) is 3.36. The molecule has 0 saturated carbocycles. The summed E-state index contributed by atoms with van der Waals surface area (Å²) in [6.07, 6.45) is 3.30. The molecule has 5 nitrogen and oxygen atoms in total. The fourth-order valence-corrected chi connectivity index (χ4v) is 2.34. The van der Waals surface area contributed by atoms with E-state index in [9.17, 15) is 4.79 Å². The number of para-hydroxylation sites is 1. The van der Waals surface area contributed by atoms with E-state index < -0.39 is 0 Å². The molecule has 0 bridgehead atoms. The summed E-state index contributed by atoms with van der Waals surface area (Å²) in [6.45, 7) is 0.278. The first-order valence-electron chi connectivity index (χ1n) is 7.65. The minimum atomic E-state index is -0.326. The summed E-state index contributed by atoms with van der Waals surface area (Å²) >= 11 is 6.20. The van der Waals surface area contributed by atoms with Gasteiger partial charge in [0.25, 0.3) is 0 Å². The van der Waals surface area contributed by atoms with Gasteiger partial charge in [-0.25, -0.2) is 4.79 Å². The van der Waals surface area contributed by atoms with E-state index in [0.717, 1.165) is 5.56 Å². The van der Waals surface area contributed by atoms with Crippen molar-refractivity contribution in [2.75, 3.05) is 10.6 Å². The van der Waals surface area contributed by atoms with Crippen LogP contribution in [0, 0.1) is 0 Å². The highest BCUT2D eigenvalue weighted by Crippen LogP contribution is 2.22. The van der Waals surface area contributed by atoms with Crippen molar-refractivity contribution in [3.8, 4) is 5.75 Å². The number of halogens is 1. The molecule has 0 aliphatic heterocycles. The SMILES string of the molecule is O=C(Nc1ccccc1)Nc1ccc(Cl)c(COc2cccnc2)c1. The summed E-state index contributed by atoms with van der Waals surface area (Å²) in [5.74, 6) is 0.652. The van der Waals surface area contributed by atoms with E-state index >= 15 is 0 Å². The number of hydrogen-bond acceptors (Lipinski definition) is 3. The van der Waals surface area contributed by atoms with Crippen LogP contribution >= 0.6 is 11.6 Å². The van der Waals surface area contributed by atoms with Gasteiger partial charge < -0.3 is 15.4 Å². The molecular formula is C19H16ClN3O2. The van der Waals surface area contributed by atoms with Gasteiger partial charge in [0.2, 0.25) is 0 Å². The maximum absolute atomic E-state index is 12.1. The Bertz CT molecular complexity index is 842. The van der Waals surface area contributed by atoms with Crippen molar-refractivity contribution in [2.24, 2.45) is 0 Å². The van der Waals surface area contributed by atoms with Crippen LogP contribution in [-0.2, 0) is 6.61 Å². The van der Waals surface area contributed by atoms with Gasteiger partial charge in [-0.2, -0.15) is 0 Å². The molecule has 0 aliphatic rings. The van der Waals surface area contributed by atoms with E-state index in [1.54, 1.807) is 36.7 Å². The molecule has 0 unspecified atom stereocenters. The highest BCUT2D eigenvalue weighted by atomic mass is 35.5. The zero-order valence-electron chi connectivity index (χ0n) is 13.3. The molecule has 2 amide bonds. The molecule has 126 valence electrons. The molecule has 1 aromatic heterocycles. The van der Waals surface area contributed by atoms with Gasteiger partial charge in [0.1, 0.15) is 12.4 Å². The van der Waals surface area contributed by atoms with Crippen molar-refractivity contribution in [3.63, 3.8) is 0 Å². The lowest BCUT2D eigenvalue weighted by molar-refractivity contribution is 0.262. The van der Waals surface area contributed by atoms with Gasteiger partial charge in [-0.05, 0) is 42.5 Å². The number of rotatable bonds is 5. The van der Waals surface area contributed by atoms with Crippen molar-refractivity contribution in [2.45, 2.75) is 6.61 Å². The number of carbonyl (C=O) groups excluding carboxylic acids is 1. The molecule has 0 fully saturated rings. The maximum Gasteiger partial charge on any atom is 0.323 e. The molecule has 0 atom stereocenters. The van der Waals surface area contributed by atoms with Crippen LogP contribution in [0.2, 0.25) is 5.02 Å². The quantitative estimate of drug-likeness (QED) is 0.681. The summed E-state index contributed by atoms with van der Waals surface area (Å²) < 4.78 is 5.65. The topological polar surface area (TPSA) is 63.2 Å². The second-order valence-electron chi connectivity index (χ2n) is 5.23. The predicted octanol–water partition coefficient (Wildman–Crippen LogP) is 4.96. The molecule has 0 saturated heterocycles. The van der Waals surface area contributed by atoms with Crippen LogP contribution in [0.1, 0.15) is 5.56 Å². The van der Waals surface area contributed by atoms with E-state index in [0.29, 0.717) is 22.1 Å². The zero-order chi connectivity index (χ0) is 17.5. The van der Waals surface area contributed by atoms with Gasteiger partial charge in [0.15, 0.2) is 0 Å². The molecule has 1 heterocycles. The number of hydrogen-bond donors (Lipinski definition) is 2. The van der Waals surface area contributed by atoms with Crippen molar-refractivity contribution in [1.82, 2.24) is 4.98 Å². The Morgan fingerprint density at radius 2 is 1.80 bits per heavy atom. The molecule has 3 aromatic rings. The average Bonchev–Trinajstić information content (AvgIpc) is 2.64. The van der Waals surface area contributed by atoms with Crippen molar-refractivity contribution in [3.05, 3.63) is 83.6 Å². The number of urea groups is 1. The van der Waals surface area contributed by atoms with E-state index in [1.807, 2.05) is 36.4 Å². The Kier molecular flexibility index (Phi) is 5.49. The lowest BCUT2D eigenvalue weighted by Gasteiger charge is -2.11. The van der Waals surface area contributed by atoms with Crippen molar-refractivity contribution < 1.29 is 9.53 Å². The largest absolute Gasteiger partial charge is 0.487 e. The van der Waals surface area contributed by atoms with E-state index in [2.05, 4.69) is 15.6 Å². The number of aromatic nitrogens is 1. The normalized spacial score (nSPS) is 10.1. The number of anilines is 2. The molecule has 6 heteroatoms. The van der Waals surface area contributed by atoms with Crippen LogP contribution < -0.4 is 15.4 Å². The Hall–Kier alpha value is -3.05. The lowest BCUT2D eigenvalue weighted by Crippen LogP contribution is -2.19. The molecule has 3 rings (SSSR count). The van der Waals surface area contributed by atoms with E-state index in [1.165, 1.54) is 0 Å². The van der Waals surface area contributed by atoms with Gasteiger partial charge in [-0.15, -0.1) is 0 Å². The Labute approximate surface area is 150 Å². The second kappa shape index (κ2) is 8.17. The van der Waals surface area contributed by atoms with Gasteiger partial charge in [-0.1, -0.05) is 29.8 Å². The summed E-state index contributed by atoms with van der Waals surface area (Å²) in [5.41, 5.74) is 2.11. The van der Waals surface area contributed by atoms with Crippen LogP contribution in [0.5, 0.6) is 5.75 Å². The minimum Gasteiger partial charge on any atom is -0.487 e. The van der Waals surface area contributed by atoms with Crippen molar-refractivity contribution >= 4 is 29.0 Å². The second-order valence-corrected chi connectivity index (χ2v) is 5.64. The molecule has 0 aliphatic carbocycles. The smallest absolute Gasteiger partial charge is 0.323 e. The molecule has 0 radical (unpaired) electrons. The van der Waals surface area contributed by atoms with Crippen LogP contribution in [0.4, 0.5) is 16.2 Å². The van der Waals surface area contributed by atoms with Gasteiger partial charge >= 0.3 is 6.03 Å². The van der Waals surface area contributed by atoms with Crippen molar-refractivity contribution in [1.29, 1.82) is 0 Å². The minimum absolute atomic E-state index is 0.278. The van der Waals surface area contributed by atoms with E-state index in [4.69, 9.17) is 16.3 Å². The number of ether oxygens (including phenoxy) is 1. The highest BCUT2D eigenvalue weighted by Gasteiger charge is 2.07. The van der Waals surface area contributed by atoms with Crippen LogP contribution in [0.3, 0.4) is 0 Å². The van der Waals surface area contributed by atoms with Crippen LogP contribution in [0.25, 0.3) is 0 Å². The standard InChI is InChI=1S/C19H16ClN3O2/c20-18-9-8-16(23-19(24)22-15-5-2-1-3-6-15)11-14(18)13-25-17-7-4-10-21-12-17/h1-12H,13H2,(H2,22,23,24). The number of carbonyl (C=O) groups is 1. The first kappa shape index (κ1) is 16.8. The number of amides is 2. The summed E-state index contributed by atoms with van der Waals surface area (Å²) in [4.78, 5) is 16.1. The Balaban J connectivity index is 1.63. The Morgan fingerprint density at radius 3 is 2.56 bits per heavy atom. The highest BCUT2D eigenvalue weighted by molar-refractivity contribution is 6.31. The molecule has 2 aromatic carbocycles. The number of pyridine rings is 1. The Morgan fingerprint density at radius 1 is 1.00 bits per heavy atom. The maximum atomic E-state index is 12.1. The number of nitrogens with one attached hydrogen (secondary N) is 2. The average molecular weight is 354 g/mol. The predicted molar refractivity (Wildman–Crippen MR) is 99.1 cm³/mol. The summed E-state index contributed by atoms with van der Waals surface area (Å²) in [6, 6.07) is 17.7. The fourth-order valence-electron chi connectivity index (χ4n) is 2.17. The summed E-state index contributed by atoms with van der Waals surface area (Å²) in [5, 5.41) is 6.11. The van der Waals surface area contributed by atoms with E-state index in [-0.39, 0.29) is 12.6 Å². The van der Waals surface area contributed by atoms with Gasteiger partial charge in [0.05, 0.1) is 6.20 Å². The van der Waals surface area contributed by atoms with Gasteiger partial charge in [-0.3, -0.25) is 4.98 Å². The molecular weight excluding hydrogens is 338 g/mol. The third-order valence-corrected chi connectivity index (χ3v) is 3.73. The van der Waals surface area contributed by atoms with Crippen LogP contribution in [-0.4, -0.2) is 11.0 Å². The summed E-state index contributed by atoms with van der Waals surface area (Å²) in [7, 11) is 0.